The fourth-order valence-corrected chi connectivity index (χ4v) is 8.24. The van der Waals surface area contributed by atoms with Crippen molar-refractivity contribution in [2.24, 2.45) is 0 Å². The molecule has 1 atom stereocenters. The Labute approximate surface area is 454 Å². The smallest absolute Gasteiger partial charge is 0.397 e. The number of hydrogen-bond acceptors (Lipinski definition) is 10. The van der Waals surface area contributed by atoms with Gasteiger partial charge in [0.2, 0.25) is 15.3 Å². The van der Waals surface area contributed by atoms with Crippen LogP contribution >= 0.6 is 24.4 Å². The molecule has 0 aliphatic heterocycles. The quantitative estimate of drug-likeness (QED) is 0.0766. The number of rotatable bonds is 8. The van der Waals surface area contributed by atoms with Gasteiger partial charge in [0.1, 0.15) is 0 Å². The minimum Gasteiger partial charge on any atom is -0.397 e. The maximum absolute atomic E-state index is 12.9. The number of thioether (sulfide) groups is 1. The maximum Gasteiger partial charge on any atom is 0.416 e. The summed E-state index contributed by atoms with van der Waals surface area (Å²) in [5.41, 5.74) is -14.8. The predicted octanol–water partition coefficient (Wildman–Crippen LogP) is 16.2. The second-order valence-corrected chi connectivity index (χ2v) is 22.8. The Bertz CT molecular complexity index is 2850. The molecular formula is C43H41F25O8S5. The fraction of sp³-hybridized carbons (Fsp3) is 0.442. The minimum absolute atomic E-state index is 0.0271. The summed E-state index contributed by atoms with van der Waals surface area (Å²) < 4.78 is 380. The molecule has 0 spiro atoms. The Morgan fingerprint density at radius 2 is 0.691 bits per heavy atom. The summed E-state index contributed by atoms with van der Waals surface area (Å²) in [6.07, 6.45) is -38.6. The number of halogens is 25. The van der Waals surface area contributed by atoms with Gasteiger partial charge in [0.25, 0.3) is 10.1 Å². The summed E-state index contributed by atoms with van der Waals surface area (Å²) in [6.45, 7) is 7.06. The number of aliphatic hydroxyl groups excluding tert-OH is 1. The Morgan fingerprint density at radius 3 is 0.877 bits per heavy atom. The largest absolute Gasteiger partial charge is 0.416 e. The predicted molar refractivity (Wildman–Crippen MR) is 244 cm³/mol. The molecule has 8 nitrogen and oxygen atoms in total. The maximum atomic E-state index is 12.9. The lowest BCUT2D eigenvalue weighted by Gasteiger charge is -2.14. The topological polar surface area (TPSA) is 132 Å². The van der Waals surface area contributed by atoms with Gasteiger partial charge in [0.15, 0.2) is 9.84 Å². The van der Waals surface area contributed by atoms with Gasteiger partial charge >= 0.3 is 49.4 Å². The van der Waals surface area contributed by atoms with Crippen LogP contribution in [0.3, 0.4) is 0 Å². The first kappa shape index (κ1) is 78.7. The first-order chi connectivity index (χ1) is 35.9. The highest BCUT2D eigenvalue weighted by atomic mass is 32.2. The van der Waals surface area contributed by atoms with Crippen LogP contribution in [0.25, 0.3) is 0 Å². The number of sulfone groups is 2. The van der Waals surface area contributed by atoms with E-state index in [2.05, 4.69) is 16.8 Å². The average Bonchev–Trinajstić information content (AvgIpc) is 3.27. The molecule has 4 rings (SSSR count). The lowest BCUT2D eigenvalue weighted by molar-refractivity contribution is -0.145. The van der Waals surface area contributed by atoms with Crippen molar-refractivity contribution in [3.63, 3.8) is 0 Å². The van der Waals surface area contributed by atoms with E-state index >= 15 is 0 Å². The molecule has 0 aliphatic carbocycles. The lowest BCUT2D eigenvalue weighted by atomic mass is 10.1. The summed E-state index contributed by atoms with van der Waals surface area (Å²) in [5.74, 6) is -0.190. The van der Waals surface area contributed by atoms with Gasteiger partial charge in [-0.1, -0.05) is 13.8 Å². The molecule has 81 heavy (non-hydrogen) atoms. The van der Waals surface area contributed by atoms with Crippen LogP contribution in [-0.4, -0.2) is 66.8 Å². The van der Waals surface area contributed by atoms with E-state index in [0.717, 1.165) is 37.1 Å². The van der Waals surface area contributed by atoms with Crippen LogP contribution in [0.4, 0.5) is 110 Å². The Hall–Kier alpha value is -4.40. The third-order valence-electron chi connectivity index (χ3n) is 8.39. The highest BCUT2D eigenvalue weighted by Crippen LogP contribution is 2.42. The lowest BCUT2D eigenvalue weighted by Crippen LogP contribution is -2.17. The van der Waals surface area contributed by atoms with Crippen molar-refractivity contribution in [2.45, 2.75) is 109 Å². The summed E-state index contributed by atoms with van der Waals surface area (Å²) in [7, 11) is -12.2. The number of aliphatic hydroxyl groups is 1. The molecule has 38 heteroatoms. The Kier molecular flexibility index (Phi) is 29.0. The second kappa shape index (κ2) is 29.9. The molecule has 0 radical (unpaired) electrons. The highest BCUT2D eigenvalue weighted by Gasteiger charge is 2.42. The molecule has 0 aliphatic rings. The molecule has 1 unspecified atom stereocenters. The molecule has 4 aromatic carbocycles. The van der Waals surface area contributed by atoms with Crippen LogP contribution in [0.1, 0.15) is 79.1 Å². The number of thiol groups is 1. The van der Waals surface area contributed by atoms with Crippen molar-refractivity contribution in [1.29, 1.82) is 0 Å². The number of alkyl halides is 25. The Morgan fingerprint density at radius 1 is 0.457 bits per heavy atom. The second-order valence-electron chi connectivity index (χ2n) is 14.8. The van der Waals surface area contributed by atoms with Gasteiger partial charge in [0, 0.05) is 16.4 Å². The zero-order chi connectivity index (χ0) is 64.7. The number of benzene rings is 4. The van der Waals surface area contributed by atoms with Gasteiger partial charge in [0.05, 0.1) is 72.9 Å². The third kappa shape index (κ3) is 28.6. The van der Waals surface area contributed by atoms with Gasteiger partial charge in [-0.15, -0.1) is 24.4 Å². The normalized spacial score (nSPS) is 13.3. The molecule has 0 aromatic heterocycles. The highest BCUT2D eigenvalue weighted by molar-refractivity contribution is 7.99. The SMILES string of the molecule is CC(F)S(=O)(=O)c1cc(C(F)(F)F)cc(C(F)(F)F)c1.CCO.CCOS(C)(=O)=O.CCS(=O)(=O)c1cc(C(F)(F)F)cc(C(F)(F)F)c1.CCSc1cc(C(F)(F)F)cc(C(F)(F)F)c1.FC(F)(F)c1cc(S)cc(C(F)(F)F)c1. The summed E-state index contributed by atoms with van der Waals surface area (Å²) in [4.78, 5) is -2.77. The van der Waals surface area contributed by atoms with E-state index in [4.69, 9.17) is 5.11 Å². The monoisotopic (exact) mass is 1320 g/mol. The minimum atomic E-state index is -5.19. The molecule has 0 heterocycles. The van der Waals surface area contributed by atoms with E-state index in [9.17, 15) is 135 Å². The van der Waals surface area contributed by atoms with Gasteiger partial charge < -0.3 is 5.11 Å². The van der Waals surface area contributed by atoms with Crippen LogP contribution in [0, 0.1) is 0 Å². The zero-order valence-electron chi connectivity index (χ0n) is 41.2. The van der Waals surface area contributed by atoms with Gasteiger partial charge in [-0.05, 0) is 99.3 Å². The summed E-state index contributed by atoms with van der Waals surface area (Å²) >= 11 is 4.42. The van der Waals surface area contributed by atoms with Gasteiger partial charge in [-0.3, -0.25) is 4.18 Å². The molecule has 4 aromatic rings. The summed E-state index contributed by atoms with van der Waals surface area (Å²) in [6, 6.07) is 2.71. The van der Waals surface area contributed by atoms with Crippen LogP contribution < -0.4 is 0 Å². The van der Waals surface area contributed by atoms with E-state index in [1.165, 1.54) is 0 Å². The summed E-state index contributed by atoms with van der Waals surface area (Å²) in [5, 5.41) is 7.57. The first-order valence-electron chi connectivity index (χ1n) is 20.9. The van der Waals surface area contributed by atoms with Gasteiger partial charge in [-0.2, -0.15) is 114 Å². The van der Waals surface area contributed by atoms with Crippen molar-refractivity contribution in [1.82, 2.24) is 0 Å². The average molecular weight is 1320 g/mol. The molecule has 0 fully saturated rings. The van der Waals surface area contributed by atoms with Crippen LogP contribution in [0.15, 0.2) is 92.4 Å². The molecule has 0 amide bonds. The first-order valence-corrected chi connectivity index (χ1v) is 27.4. The molecule has 1 N–H and O–H groups in total. The van der Waals surface area contributed by atoms with Crippen LogP contribution in [-0.2, 0) is 83.4 Å². The van der Waals surface area contributed by atoms with E-state index < -0.39 is 145 Å². The molecular weight excluding hydrogens is 1280 g/mol. The third-order valence-corrected chi connectivity index (χ3v) is 13.6. The van der Waals surface area contributed by atoms with E-state index in [1.54, 1.807) is 20.8 Å². The molecule has 466 valence electrons. The zero-order valence-corrected chi connectivity index (χ0v) is 45.3. The molecule has 0 saturated carbocycles. The van der Waals surface area contributed by atoms with E-state index in [-0.39, 0.29) is 71.5 Å². The van der Waals surface area contributed by atoms with Gasteiger partial charge in [-0.25, -0.2) is 21.2 Å². The Balaban J connectivity index is 0. The van der Waals surface area contributed by atoms with Crippen LogP contribution in [0.5, 0.6) is 0 Å². The van der Waals surface area contributed by atoms with Crippen molar-refractivity contribution in [3.8, 4) is 0 Å². The van der Waals surface area contributed by atoms with Crippen molar-refractivity contribution < 1.29 is 144 Å². The van der Waals surface area contributed by atoms with Crippen molar-refractivity contribution in [2.75, 3.05) is 31.0 Å². The van der Waals surface area contributed by atoms with E-state index in [1.807, 2.05) is 0 Å². The molecule has 0 bridgehead atoms. The van der Waals surface area contributed by atoms with E-state index in [0.29, 0.717) is 24.8 Å². The van der Waals surface area contributed by atoms with Crippen molar-refractivity contribution >= 4 is 54.2 Å². The number of hydrogen-bond donors (Lipinski definition) is 2. The molecule has 0 saturated heterocycles. The van der Waals surface area contributed by atoms with Crippen LogP contribution in [0.2, 0.25) is 0 Å². The standard InChI is InChI=1S/C10H7F7O2S.C10H8F6O2S.C10H8F6S.C8H4F6S.C3H8O3S.C2H6O/c1-5(11)20(18,19)8-3-6(9(12,13)14)2-7(4-8)10(15,16)17;1-2-19(17,18)8-4-6(9(11,12)13)3-7(5-8)10(14,15)16;1-2-17-8-4-6(9(11,12)13)3-7(5-8)10(14,15)16;9-7(10,11)4-1-5(8(12,13)14)3-6(15)2-4;1-3-6-7(2,4)5;1-2-3/h2-5H,1H3;3-5H,2H2,1H3;3-5H,2H2,1H3;1-3,15H;3H2,1-2H3;3H,2H2,1H3. The van der Waals surface area contributed by atoms with Crippen molar-refractivity contribution in [3.05, 3.63) is 117 Å². The fourth-order valence-electron chi connectivity index (χ4n) is 4.88.